The van der Waals surface area contributed by atoms with Gasteiger partial charge in [-0.05, 0) is 139 Å². The van der Waals surface area contributed by atoms with Crippen molar-refractivity contribution in [3.05, 3.63) is 61.3 Å². The van der Waals surface area contributed by atoms with Crippen molar-refractivity contribution >= 4 is 29.8 Å². The summed E-state index contributed by atoms with van der Waals surface area (Å²) in [4.78, 5) is 55.6. The Bertz CT molecular complexity index is 2830. The Labute approximate surface area is 883 Å². The second-order valence-electron chi connectivity index (χ2n) is 48.7. The van der Waals surface area contributed by atoms with Crippen molar-refractivity contribution < 1.29 is 62.6 Å². The van der Waals surface area contributed by atoms with Crippen LogP contribution in [0.1, 0.15) is 653 Å². The Morgan fingerprint density at radius 2 is 0.483 bits per heavy atom. The molecule has 0 spiro atoms. The molecule has 4 bridgehead atoms. The average Bonchev–Trinajstić information content (AvgIpc) is 1.56. The second kappa shape index (κ2) is 83.6. The first kappa shape index (κ1) is 131. The van der Waals surface area contributed by atoms with Gasteiger partial charge in [-0.25, -0.2) is 24.0 Å². The highest BCUT2D eigenvalue weighted by Crippen LogP contribution is 2.67. The first-order valence-electron chi connectivity index (χ1n) is 62.6. The number of esters is 3. The third kappa shape index (κ3) is 61.3. The van der Waals surface area contributed by atoms with Crippen molar-refractivity contribution in [1.29, 1.82) is 0 Å². The molecule has 13 rings (SSSR count). The van der Waals surface area contributed by atoms with Crippen molar-refractivity contribution in [2.24, 2.45) is 39.4 Å². The van der Waals surface area contributed by atoms with E-state index in [1.807, 2.05) is 6.08 Å². The highest BCUT2D eigenvalue weighted by Gasteiger charge is 2.64. The Kier molecular flexibility index (Phi) is 76.7. The standard InChI is InChI=1S/C36H64O5.C14H22O2.C13H20O2.C13H22O2.5C10H20.C4H6O2/c1-31(2)35(37)38-30-36(39-32-24-18-12-6-3-7-13-19-25-32,40-33-26-20-14-8-4-9-15-21-27-33)41-34-28-22-16-10-5-11-17-23-29-34;1-9(2)12(15)16-11-8-10-6-7-14(11,5)13(10,3)4;1-5-11(14)15-10-8-9-6-7-13(10,4)12(9,2)3;14-13(15)11-10-12-8-6-4-2-1-3-5-7-9-12;5*1-2-4-6-8-10-9-7-5-3-1;1-3(2)4(5)6/h32-34H,1,3-30H2,2H3;10-11H,1,6-8H2,2-5H3;5,9-10H,1,6-8H2,2-4H3;10-12H,1-9H2,(H,14,15);5*1-10H2;1H2,2H3,(H,5,6). The van der Waals surface area contributed by atoms with E-state index in [1.54, 1.807) is 13.8 Å². The molecule has 0 saturated heterocycles. The molecule has 0 aliphatic heterocycles. The fourth-order valence-electron chi connectivity index (χ4n) is 25.0. The SMILES string of the molecule is C1CCCCCCCCC1.C1CCCCCCCCC1.C1CCCCCCCCC1.C1CCCCCCCCC1.C1CCCCCCCCC1.C=C(C)C(=O)O.C=C(C)C(=O)OC1CC2CCC1(C)C2(C)C.C=C(C)C(=O)OCC(OC1CCCCCCCCC1)(OC1CCCCCCCCC1)OC1CCCCCCCCC1.C=CC(=O)OC1CC2CCC1(C)C2(C)C.O=C(O)C=CC1CCCCCCCCC1. The van der Waals surface area contributed by atoms with E-state index in [2.05, 4.69) is 67.9 Å². The monoisotopic (exact) mass is 2000 g/mol. The summed E-state index contributed by atoms with van der Waals surface area (Å²) in [5.74, 6) is -2.08. The minimum Gasteiger partial charge on any atom is -0.478 e. The quantitative estimate of drug-likeness (QED) is 0.0645. The van der Waals surface area contributed by atoms with Gasteiger partial charge in [0.25, 0.3) is 0 Å². The molecule has 6 atom stereocenters. The molecule has 0 aromatic rings. The van der Waals surface area contributed by atoms with Crippen LogP contribution < -0.4 is 0 Å². The molecule has 13 saturated carbocycles. The van der Waals surface area contributed by atoms with Gasteiger partial charge in [-0.3, -0.25) is 0 Å². The van der Waals surface area contributed by atoms with Crippen molar-refractivity contribution in [1.82, 2.24) is 0 Å². The maximum atomic E-state index is 12.7. The summed E-state index contributed by atoms with van der Waals surface area (Å²) in [5.41, 5.74) is 2.00. The number of ether oxygens (including phenoxy) is 6. The molecule has 0 amide bonds. The molecule has 2 N–H and O–H groups in total. The molecule has 0 aromatic heterocycles. The van der Waals surface area contributed by atoms with Gasteiger partial charge in [0.05, 0.1) is 18.3 Å². The molecule has 0 aromatic carbocycles. The maximum Gasteiger partial charge on any atom is 0.333 e. The maximum absolute atomic E-state index is 12.7. The summed E-state index contributed by atoms with van der Waals surface area (Å²) in [7, 11) is 0. The summed E-state index contributed by atoms with van der Waals surface area (Å²) in [6.45, 7) is 32.7. The lowest BCUT2D eigenvalue weighted by Gasteiger charge is -2.41. The van der Waals surface area contributed by atoms with E-state index in [9.17, 15) is 24.0 Å². The minimum absolute atomic E-state index is 0.0256. The Balaban J connectivity index is 0.000000353. The van der Waals surface area contributed by atoms with Crippen LogP contribution in [0.3, 0.4) is 0 Å². The van der Waals surface area contributed by atoms with Gasteiger partial charge in [-0.15, -0.1) is 0 Å². The number of carbonyl (C=O) groups is 5. The zero-order valence-electron chi connectivity index (χ0n) is 95.8. The summed E-state index contributed by atoms with van der Waals surface area (Å²) < 4.78 is 38.1. The van der Waals surface area contributed by atoms with Crippen molar-refractivity contribution in [3.8, 4) is 0 Å². The molecular formula is C130H234O13. The van der Waals surface area contributed by atoms with Crippen LogP contribution in [0, 0.1) is 39.4 Å². The topological polar surface area (TPSA) is 181 Å². The Morgan fingerprint density at radius 1 is 0.287 bits per heavy atom. The molecule has 13 fully saturated rings. The molecule has 13 heteroatoms. The van der Waals surface area contributed by atoms with E-state index in [0.717, 1.165) is 51.4 Å². The predicted octanol–water partition coefficient (Wildman–Crippen LogP) is 40.7. The first-order chi connectivity index (χ1) is 69.2. The van der Waals surface area contributed by atoms with Crippen LogP contribution in [0.25, 0.3) is 0 Å². The van der Waals surface area contributed by atoms with Crippen LogP contribution in [0.2, 0.25) is 0 Å². The number of carboxylic acid groups (broad SMARTS) is 2. The zero-order valence-corrected chi connectivity index (χ0v) is 95.8. The molecule has 13 aliphatic carbocycles. The lowest BCUT2D eigenvalue weighted by molar-refractivity contribution is -0.429. The number of rotatable bonds is 16. The summed E-state index contributed by atoms with van der Waals surface area (Å²) in [6.07, 6.45) is 131. The number of carbonyl (C=O) groups excluding carboxylic acids is 3. The van der Waals surface area contributed by atoms with Gasteiger partial charge in [0, 0.05) is 39.7 Å². The van der Waals surface area contributed by atoms with E-state index in [-0.39, 0.29) is 65.5 Å². The number of fused-ring (bicyclic) bond motifs is 4. The van der Waals surface area contributed by atoms with Gasteiger partial charge < -0.3 is 38.6 Å². The largest absolute Gasteiger partial charge is 0.478 e. The minimum atomic E-state index is -1.36. The van der Waals surface area contributed by atoms with Gasteiger partial charge in [0.15, 0.2) is 6.61 Å². The molecule has 832 valence electrons. The molecule has 0 radical (unpaired) electrons. The van der Waals surface area contributed by atoms with Crippen molar-refractivity contribution in [2.45, 2.75) is 690 Å². The normalized spacial score (nSPS) is 26.5. The van der Waals surface area contributed by atoms with Crippen LogP contribution in [-0.2, 0) is 52.4 Å². The molecule has 0 heterocycles. The van der Waals surface area contributed by atoms with E-state index >= 15 is 0 Å². The fourth-order valence-corrected chi connectivity index (χ4v) is 25.0. The number of aliphatic carboxylic acids is 2. The third-order valence-electron chi connectivity index (χ3n) is 35.9. The smallest absolute Gasteiger partial charge is 0.333 e. The van der Waals surface area contributed by atoms with Crippen LogP contribution in [0.5, 0.6) is 0 Å². The van der Waals surface area contributed by atoms with Crippen molar-refractivity contribution in [3.63, 3.8) is 0 Å². The summed E-state index contributed by atoms with van der Waals surface area (Å²) in [5, 5.41) is 16.5. The summed E-state index contributed by atoms with van der Waals surface area (Å²) >= 11 is 0. The summed E-state index contributed by atoms with van der Waals surface area (Å²) in [6, 6.07) is 0. The second-order valence-corrected chi connectivity index (χ2v) is 48.7. The number of hydrogen-bond acceptors (Lipinski definition) is 11. The van der Waals surface area contributed by atoms with Gasteiger partial charge >= 0.3 is 35.8 Å². The molecule has 143 heavy (non-hydrogen) atoms. The third-order valence-corrected chi connectivity index (χ3v) is 35.9. The predicted molar refractivity (Wildman–Crippen MR) is 606 cm³/mol. The van der Waals surface area contributed by atoms with Gasteiger partial charge in [0.1, 0.15) is 12.2 Å². The van der Waals surface area contributed by atoms with Crippen molar-refractivity contribution in [2.75, 3.05) is 6.61 Å². The van der Waals surface area contributed by atoms with E-state index < -0.39 is 23.9 Å². The molecule has 13 nitrogen and oxygen atoms in total. The number of allylic oxidation sites excluding steroid dienone is 1. The fraction of sp³-hybridized carbons (Fsp3) is 0.885. The number of hydrogen-bond donors (Lipinski definition) is 2. The van der Waals surface area contributed by atoms with Gasteiger partial charge in [-0.2, -0.15) is 0 Å². The van der Waals surface area contributed by atoms with Crippen LogP contribution in [0.15, 0.2) is 61.3 Å². The van der Waals surface area contributed by atoms with E-state index in [4.69, 9.17) is 38.6 Å². The Morgan fingerprint density at radius 3 is 0.650 bits per heavy atom. The lowest BCUT2D eigenvalue weighted by atomic mass is 9.70. The van der Waals surface area contributed by atoms with Crippen LogP contribution in [0.4, 0.5) is 0 Å². The van der Waals surface area contributed by atoms with Gasteiger partial charge in [-0.1, -0.05) is 575 Å². The van der Waals surface area contributed by atoms with Crippen LogP contribution in [-0.4, -0.2) is 83.2 Å². The molecule has 13 aliphatic rings. The Hall–Kier alpha value is -4.07. The lowest BCUT2D eigenvalue weighted by Crippen LogP contribution is -2.51. The van der Waals surface area contributed by atoms with Gasteiger partial charge in [0.2, 0.25) is 0 Å². The van der Waals surface area contributed by atoms with E-state index in [1.165, 1.54) is 558 Å². The highest BCUT2D eigenvalue weighted by molar-refractivity contribution is 5.87. The van der Waals surface area contributed by atoms with E-state index in [0.29, 0.717) is 39.7 Å². The van der Waals surface area contributed by atoms with Crippen LogP contribution >= 0.6 is 0 Å². The average molecular weight is 2010 g/mol. The first-order valence-corrected chi connectivity index (χ1v) is 62.6. The zero-order chi connectivity index (χ0) is 104. The number of carboxylic acids is 2. The molecular weight excluding hydrogens is 1770 g/mol. The highest BCUT2D eigenvalue weighted by atomic mass is 16.9. The molecule has 6 unspecified atom stereocenters.